The molecular weight excluding hydrogens is 230 g/mol. The zero-order valence-electron chi connectivity index (χ0n) is 11.7. The van der Waals surface area contributed by atoms with Crippen LogP contribution in [0.1, 0.15) is 59.3 Å². The van der Waals surface area contributed by atoms with E-state index < -0.39 is 12.0 Å². The molecule has 0 heterocycles. The van der Waals surface area contributed by atoms with Crippen LogP contribution in [0.3, 0.4) is 0 Å². The van der Waals surface area contributed by atoms with Crippen LogP contribution in [0.4, 0.5) is 0 Å². The van der Waals surface area contributed by atoms with E-state index in [2.05, 4.69) is 0 Å². The number of rotatable bonds is 4. The molecule has 0 aromatic heterocycles. The molecule has 0 radical (unpaired) electrons. The second-order valence-corrected chi connectivity index (χ2v) is 5.55. The van der Waals surface area contributed by atoms with Crippen LogP contribution in [0, 0.1) is 5.92 Å². The summed E-state index contributed by atoms with van der Waals surface area (Å²) in [5.41, 5.74) is 0. The Morgan fingerprint density at radius 2 is 1.61 bits per heavy atom. The summed E-state index contributed by atoms with van der Waals surface area (Å²) in [6.45, 7) is 5.23. The zero-order chi connectivity index (χ0) is 13.7. The van der Waals surface area contributed by atoms with Crippen LogP contribution < -0.4 is 0 Å². The second-order valence-electron chi connectivity index (χ2n) is 5.55. The summed E-state index contributed by atoms with van der Waals surface area (Å²) in [7, 11) is 0. The molecule has 1 rings (SSSR count). The third kappa shape index (κ3) is 3.72. The van der Waals surface area contributed by atoms with E-state index in [0.29, 0.717) is 0 Å². The Bertz CT molecular complexity index is 293. The Balaban J connectivity index is 2.91. The van der Waals surface area contributed by atoms with Gasteiger partial charge in [-0.2, -0.15) is 0 Å². The van der Waals surface area contributed by atoms with Gasteiger partial charge >= 0.3 is 5.97 Å². The third-order valence-corrected chi connectivity index (χ3v) is 3.82. The number of aliphatic carboxylic acids is 1. The van der Waals surface area contributed by atoms with E-state index in [0.717, 1.165) is 25.7 Å². The van der Waals surface area contributed by atoms with Gasteiger partial charge in [0.25, 0.3) is 0 Å². The van der Waals surface area contributed by atoms with Gasteiger partial charge in [-0.15, -0.1) is 0 Å². The van der Waals surface area contributed by atoms with Crippen molar-refractivity contribution in [2.75, 3.05) is 0 Å². The van der Waals surface area contributed by atoms with Crippen LogP contribution in [0.5, 0.6) is 0 Å². The number of hydrogen-bond acceptors (Lipinski definition) is 2. The highest BCUT2D eigenvalue weighted by molar-refractivity contribution is 5.82. The van der Waals surface area contributed by atoms with Crippen LogP contribution in [-0.4, -0.2) is 34.0 Å². The average molecular weight is 255 g/mol. The van der Waals surface area contributed by atoms with Gasteiger partial charge < -0.3 is 10.0 Å². The molecule has 4 nitrogen and oxygen atoms in total. The van der Waals surface area contributed by atoms with E-state index in [-0.39, 0.29) is 17.9 Å². The predicted octanol–water partition coefficient (Wildman–Crippen LogP) is 2.67. The van der Waals surface area contributed by atoms with E-state index >= 15 is 0 Å². The molecule has 1 N–H and O–H groups in total. The van der Waals surface area contributed by atoms with Gasteiger partial charge in [0.15, 0.2) is 0 Å². The molecule has 1 atom stereocenters. The van der Waals surface area contributed by atoms with Crippen molar-refractivity contribution in [1.82, 2.24) is 4.90 Å². The van der Waals surface area contributed by atoms with Gasteiger partial charge in [-0.1, -0.05) is 25.7 Å². The minimum Gasteiger partial charge on any atom is -0.480 e. The first-order chi connectivity index (χ1) is 8.45. The maximum absolute atomic E-state index is 11.7. The van der Waals surface area contributed by atoms with Crippen molar-refractivity contribution in [3.8, 4) is 0 Å². The number of amides is 1. The summed E-state index contributed by atoms with van der Waals surface area (Å²) >= 11 is 0. The number of carbonyl (C=O) groups excluding carboxylic acids is 1. The normalized spacial score (nSPS) is 19.3. The highest BCUT2D eigenvalue weighted by atomic mass is 16.4. The van der Waals surface area contributed by atoms with Crippen molar-refractivity contribution < 1.29 is 14.7 Å². The van der Waals surface area contributed by atoms with Crippen LogP contribution in [-0.2, 0) is 9.59 Å². The lowest BCUT2D eigenvalue weighted by Gasteiger charge is -2.36. The van der Waals surface area contributed by atoms with E-state index in [4.69, 9.17) is 0 Å². The van der Waals surface area contributed by atoms with E-state index in [1.165, 1.54) is 19.8 Å². The molecule has 1 amide bonds. The molecule has 0 aromatic rings. The maximum atomic E-state index is 11.7. The number of hydrogen-bond donors (Lipinski definition) is 1. The van der Waals surface area contributed by atoms with Gasteiger partial charge in [-0.25, -0.2) is 4.79 Å². The molecule has 1 aliphatic rings. The van der Waals surface area contributed by atoms with E-state index in [9.17, 15) is 14.7 Å². The van der Waals surface area contributed by atoms with Crippen molar-refractivity contribution in [1.29, 1.82) is 0 Å². The summed E-state index contributed by atoms with van der Waals surface area (Å²) in [5.74, 6) is -0.885. The molecule has 104 valence electrons. The fourth-order valence-corrected chi connectivity index (χ4v) is 3.06. The SMILES string of the molecule is CC(=O)N(C(C)C)C(C(=O)O)C1CCCCCC1. The third-order valence-electron chi connectivity index (χ3n) is 3.82. The van der Waals surface area contributed by atoms with Gasteiger partial charge in [-0.05, 0) is 32.6 Å². The summed E-state index contributed by atoms with van der Waals surface area (Å²) in [4.78, 5) is 24.8. The van der Waals surface area contributed by atoms with Gasteiger partial charge in [0.2, 0.25) is 5.91 Å². The van der Waals surface area contributed by atoms with Crippen LogP contribution in [0.2, 0.25) is 0 Å². The highest BCUT2D eigenvalue weighted by Crippen LogP contribution is 2.29. The summed E-state index contributed by atoms with van der Waals surface area (Å²) < 4.78 is 0. The standard InChI is InChI=1S/C14H25NO3/c1-10(2)15(11(3)16)13(14(17)18)12-8-6-4-5-7-9-12/h10,12-13H,4-9H2,1-3H3,(H,17,18). The van der Waals surface area contributed by atoms with Crippen LogP contribution in [0.25, 0.3) is 0 Å². The van der Waals surface area contributed by atoms with E-state index in [1.807, 2.05) is 13.8 Å². The smallest absolute Gasteiger partial charge is 0.326 e. The van der Waals surface area contributed by atoms with E-state index in [1.54, 1.807) is 4.90 Å². The fraction of sp³-hybridized carbons (Fsp3) is 0.857. The molecule has 4 heteroatoms. The number of carboxylic acid groups (broad SMARTS) is 1. The van der Waals surface area contributed by atoms with Gasteiger partial charge in [0.1, 0.15) is 6.04 Å². The zero-order valence-corrected chi connectivity index (χ0v) is 11.7. The number of carbonyl (C=O) groups is 2. The predicted molar refractivity (Wildman–Crippen MR) is 70.3 cm³/mol. The van der Waals surface area contributed by atoms with Gasteiger partial charge in [0, 0.05) is 13.0 Å². The molecular formula is C14H25NO3. The summed E-state index contributed by atoms with van der Waals surface area (Å²) in [5, 5.41) is 9.49. The molecule has 0 aromatic carbocycles. The van der Waals surface area contributed by atoms with Gasteiger partial charge in [-0.3, -0.25) is 4.79 Å². The van der Waals surface area contributed by atoms with Crippen molar-refractivity contribution in [3.63, 3.8) is 0 Å². The molecule has 0 spiro atoms. The van der Waals surface area contributed by atoms with Crippen molar-refractivity contribution in [2.24, 2.45) is 5.92 Å². The van der Waals surface area contributed by atoms with Crippen LogP contribution in [0.15, 0.2) is 0 Å². The molecule has 1 fully saturated rings. The van der Waals surface area contributed by atoms with Crippen molar-refractivity contribution in [2.45, 2.75) is 71.4 Å². The lowest BCUT2D eigenvalue weighted by molar-refractivity contribution is -0.154. The minimum absolute atomic E-state index is 0.0631. The number of nitrogens with zero attached hydrogens (tertiary/aromatic N) is 1. The van der Waals surface area contributed by atoms with Crippen molar-refractivity contribution in [3.05, 3.63) is 0 Å². The first-order valence-corrected chi connectivity index (χ1v) is 6.97. The Hall–Kier alpha value is -1.06. The first kappa shape index (κ1) is 15.0. The molecule has 0 aliphatic heterocycles. The maximum Gasteiger partial charge on any atom is 0.326 e. The Morgan fingerprint density at radius 1 is 1.11 bits per heavy atom. The highest BCUT2D eigenvalue weighted by Gasteiger charge is 2.36. The largest absolute Gasteiger partial charge is 0.480 e. The lowest BCUT2D eigenvalue weighted by atomic mass is 9.90. The molecule has 1 aliphatic carbocycles. The Morgan fingerprint density at radius 3 is 1.94 bits per heavy atom. The minimum atomic E-state index is -0.856. The van der Waals surface area contributed by atoms with Gasteiger partial charge in [0.05, 0.1) is 0 Å². The Kier molecular flexibility index (Phi) is 5.63. The monoisotopic (exact) mass is 255 g/mol. The topological polar surface area (TPSA) is 57.6 Å². The Labute approximate surface area is 109 Å². The fourth-order valence-electron chi connectivity index (χ4n) is 3.06. The molecule has 1 unspecified atom stereocenters. The molecule has 0 saturated heterocycles. The first-order valence-electron chi connectivity index (χ1n) is 6.97. The second kappa shape index (κ2) is 6.76. The summed E-state index contributed by atoms with van der Waals surface area (Å²) in [6.07, 6.45) is 6.38. The lowest BCUT2D eigenvalue weighted by Crippen LogP contribution is -2.51. The molecule has 18 heavy (non-hydrogen) atoms. The molecule has 1 saturated carbocycles. The quantitative estimate of drug-likeness (QED) is 0.786. The summed E-state index contributed by atoms with van der Waals surface area (Å²) in [6, 6.07) is -0.715. The number of carboxylic acids is 1. The molecule has 0 bridgehead atoms. The average Bonchev–Trinajstić information content (AvgIpc) is 2.52. The van der Waals surface area contributed by atoms with Crippen LogP contribution >= 0.6 is 0 Å². The van der Waals surface area contributed by atoms with Crippen molar-refractivity contribution >= 4 is 11.9 Å².